The molecule has 0 radical (unpaired) electrons. The molecular weight excluding hydrogens is 398 g/mol. The Kier molecular flexibility index (Phi) is 8.20. The molecule has 1 heterocycles. The Balaban J connectivity index is 1.84. The molecule has 29 heavy (non-hydrogen) atoms. The largest absolute Gasteiger partial charge is 0.493 e. The molecule has 0 aliphatic carbocycles. The summed E-state index contributed by atoms with van der Waals surface area (Å²) in [6, 6.07) is 5.16. The highest BCUT2D eigenvalue weighted by Crippen LogP contribution is 2.38. The average Bonchev–Trinajstić information content (AvgIpc) is 3.13. The molecule has 10 heteroatoms. The zero-order valence-corrected chi connectivity index (χ0v) is 17.8. The van der Waals surface area contributed by atoms with Crippen LogP contribution in [0.2, 0.25) is 0 Å². The van der Waals surface area contributed by atoms with E-state index in [0.717, 1.165) is 5.56 Å². The first kappa shape index (κ1) is 22.4. The van der Waals surface area contributed by atoms with E-state index in [-0.39, 0.29) is 24.1 Å². The van der Waals surface area contributed by atoms with Gasteiger partial charge in [-0.15, -0.1) is 11.8 Å². The number of hydrogen-bond acceptors (Lipinski definition) is 8. The minimum Gasteiger partial charge on any atom is -0.493 e. The number of aromatic nitrogens is 1. The second kappa shape index (κ2) is 10.6. The molecular formula is C19H25N3O6S. The highest BCUT2D eigenvalue weighted by atomic mass is 32.2. The molecule has 0 saturated carbocycles. The van der Waals surface area contributed by atoms with E-state index in [0.29, 0.717) is 28.8 Å². The van der Waals surface area contributed by atoms with Gasteiger partial charge in [0.1, 0.15) is 5.76 Å². The van der Waals surface area contributed by atoms with Crippen molar-refractivity contribution in [3.05, 3.63) is 29.5 Å². The lowest BCUT2D eigenvalue weighted by atomic mass is 10.2. The lowest BCUT2D eigenvalue weighted by Gasteiger charge is -2.15. The Bertz CT molecular complexity index is 829. The third-order valence-corrected chi connectivity index (χ3v) is 5.07. The van der Waals surface area contributed by atoms with Crippen molar-refractivity contribution in [1.29, 1.82) is 0 Å². The van der Waals surface area contributed by atoms with Gasteiger partial charge in [0.05, 0.1) is 32.3 Å². The van der Waals surface area contributed by atoms with Crippen molar-refractivity contribution in [2.24, 2.45) is 0 Å². The zero-order valence-electron chi connectivity index (χ0n) is 17.0. The Morgan fingerprint density at radius 3 is 2.31 bits per heavy atom. The van der Waals surface area contributed by atoms with Crippen molar-refractivity contribution in [2.75, 3.05) is 32.4 Å². The van der Waals surface area contributed by atoms with Gasteiger partial charge in [-0.1, -0.05) is 5.16 Å². The van der Waals surface area contributed by atoms with E-state index in [2.05, 4.69) is 15.8 Å². The van der Waals surface area contributed by atoms with Crippen LogP contribution in [0.25, 0.3) is 0 Å². The maximum Gasteiger partial charge on any atom is 0.238 e. The molecule has 0 aliphatic rings. The van der Waals surface area contributed by atoms with Crippen molar-refractivity contribution in [1.82, 2.24) is 10.5 Å². The van der Waals surface area contributed by atoms with Crippen LogP contribution in [0.15, 0.2) is 22.7 Å². The first-order chi connectivity index (χ1) is 13.9. The number of carbonyl (C=O) groups is 2. The Morgan fingerprint density at radius 1 is 1.14 bits per heavy atom. The third kappa shape index (κ3) is 6.31. The summed E-state index contributed by atoms with van der Waals surface area (Å²) in [5.74, 6) is 2.16. The SMILES string of the molecule is COc1cc(CNC(=O)CS[C@H](C)C(=O)Nc2cc(C)on2)cc(OC)c1OC. The molecule has 0 fully saturated rings. The molecule has 0 spiro atoms. The second-order valence-electron chi connectivity index (χ2n) is 6.08. The normalized spacial score (nSPS) is 11.5. The van der Waals surface area contributed by atoms with E-state index in [1.165, 1.54) is 33.1 Å². The molecule has 1 aromatic carbocycles. The van der Waals surface area contributed by atoms with E-state index in [4.69, 9.17) is 18.7 Å². The zero-order chi connectivity index (χ0) is 21.4. The predicted molar refractivity (Wildman–Crippen MR) is 110 cm³/mol. The second-order valence-corrected chi connectivity index (χ2v) is 7.40. The number of nitrogens with one attached hydrogen (secondary N) is 2. The fourth-order valence-corrected chi connectivity index (χ4v) is 3.13. The lowest BCUT2D eigenvalue weighted by Crippen LogP contribution is -2.28. The van der Waals surface area contributed by atoms with Crippen LogP contribution in [0.4, 0.5) is 5.82 Å². The molecule has 2 rings (SSSR count). The van der Waals surface area contributed by atoms with Crippen LogP contribution < -0.4 is 24.8 Å². The van der Waals surface area contributed by atoms with Crippen LogP contribution in [-0.2, 0) is 16.1 Å². The topological polar surface area (TPSA) is 112 Å². The Labute approximate surface area is 173 Å². The number of amides is 2. The van der Waals surface area contributed by atoms with Crippen molar-refractivity contribution in [3.63, 3.8) is 0 Å². The first-order valence-electron chi connectivity index (χ1n) is 8.79. The van der Waals surface area contributed by atoms with Gasteiger partial charge in [0, 0.05) is 12.6 Å². The first-order valence-corrected chi connectivity index (χ1v) is 9.84. The summed E-state index contributed by atoms with van der Waals surface area (Å²) in [6.07, 6.45) is 0. The van der Waals surface area contributed by atoms with Crippen molar-refractivity contribution < 1.29 is 28.3 Å². The molecule has 2 aromatic rings. The van der Waals surface area contributed by atoms with Crippen LogP contribution in [-0.4, -0.2) is 49.3 Å². The van der Waals surface area contributed by atoms with E-state index in [9.17, 15) is 9.59 Å². The van der Waals surface area contributed by atoms with Crippen molar-refractivity contribution in [2.45, 2.75) is 25.6 Å². The van der Waals surface area contributed by atoms with E-state index < -0.39 is 5.25 Å². The Morgan fingerprint density at radius 2 is 1.79 bits per heavy atom. The summed E-state index contributed by atoms with van der Waals surface area (Å²) in [6.45, 7) is 3.74. The minimum absolute atomic E-state index is 0.136. The van der Waals surface area contributed by atoms with Crippen molar-refractivity contribution in [3.8, 4) is 17.2 Å². The molecule has 0 saturated heterocycles. The monoisotopic (exact) mass is 423 g/mol. The number of ether oxygens (including phenoxy) is 3. The molecule has 158 valence electrons. The molecule has 2 N–H and O–H groups in total. The van der Waals surface area contributed by atoms with Gasteiger partial charge < -0.3 is 29.4 Å². The summed E-state index contributed by atoms with van der Waals surface area (Å²) in [7, 11) is 4.59. The fraction of sp³-hybridized carbons (Fsp3) is 0.421. The van der Waals surface area contributed by atoms with Gasteiger partial charge in [-0.05, 0) is 31.5 Å². The predicted octanol–water partition coefficient (Wildman–Crippen LogP) is 2.39. The van der Waals surface area contributed by atoms with Gasteiger partial charge in [-0.25, -0.2) is 0 Å². The summed E-state index contributed by atoms with van der Waals surface area (Å²) in [5.41, 5.74) is 0.796. The standard InChI is InChI=1S/C19H25N3O6S/c1-11-6-16(22-28-11)21-19(24)12(2)29-10-17(23)20-9-13-7-14(25-3)18(27-5)15(8-13)26-4/h6-8,12H,9-10H2,1-5H3,(H,20,23)(H,21,22,24)/t12-/m1/s1. The number of methoxy groups -OCH3 is 3. The number of thioether (sulfide) groups is 1. The summed E-state index contributed by atoms with van der Waals surface area (Å²) < 4.78 is 20.8. The Hall–Kier alpha value is -2.88. The maximum absolute atomic E-state index is 12.2. The highest BCUT2D eigenvalue weighted by Gasteiger charge is 2.17. The minimum atomic E-state index is -0.432. The van der Waals surface area contributed by atoms with Crippen LogP contribution in [0.3, 0.4) is 0 Å². The molecule has 0 bridgehead atoms. The molecule has 1 atom stereocenters. The van der Waals surface area contributed by atoms with Gasteiger partial charge in [0.2, 0.25) is 17.6 Å². The number of carbonyl (C=O) groups excluding carboxylic acids is 2. The van der Waals surface area contributed by atoms with E-state index in [1.54, 1.807) is 32.0 Å². The van der Waals surface area contributed by atoms with Gasteiger partial charge in [-0.2, -0.15) is 0 Å². The van der Waals surface area contributed by atoms with Crippen molar-refractivity contribution >= 4 is 29.4 Å². The lowest BCUT2D eigenvalue weighted by molar-refractivity contribution is -0.118. The van der Waals surface area contributed by atoms with Gasteiger partial charge in [-0.3, -0.25) is 9.59 Å². The summed E-state index contributed by atoms with van der Waals surface area (Å²) in [4.78, 5) is 24.3. The van der Waals surface area contributed by atoms with Crippen LogP contribution in [0.5, 0.6) is 17.2 Å². The number of nitrogens with zero attached hydrogens (tertiary/aromatic N) is 1. The average molecular weight is 423 g/mol. The molecule has 2 amide bonds. The number of aryl methyl sites for hydroxylation is 1. The fourth-order valence-electron chi connectivity index (χ4n) is 2.42. The van der Waals surface area contributed by atoms with Crippen LogP contribution in [0.1, 0.15) is 18.2 Å². The summed E-state index contributed by atoms with van der Waals surface area (Å²) in [5, 5.41) is 8.74. The summed E-state index contributed by atoms with van der Waals surface area (Å²) >= 11 is 1.22. The number of rotatable bonds is 10. The number of benzene rings is 1. The number of anilines is 1. The third-order valence-electron chi connectivity index (χ3n) is 3.93. The van der Waals surface area contributed by atoms with Gasteiger partial charge in [0.25, 0.3) is 0 Å². The van der Waals surface area contributed by atoms with Gasteiger partial charge >= 0.3 is 0 Å². The maximum atomic E-state index is 12.2. The number of hydrogen-bond donors (Lipinski definition) is 2. The molecule has 0 unspecified atom stereocenters. The highest BCUT2D eigenvalue weighted by molar-refractivity contribution is 8.01. The van der Waals surface area contributed by atoms with E-state index in [1.807, 2.05) is 0 Å². The smallest absolute Gasteiger partial charge is 0.238 e. The van der Waals surface area contributed by atoms with Crippen LogP contribution in [0, 0.1) is 6.92 Å². The van der Waals surface area contributed by atoms with E-state index >= 15 is 0 Å². The van der Waals surface area contributed by atoms with Crippen LogP contribution >= 0.6 is 11.8 Å². The van der Waals surface area contributed by atoms with Gasteiger partial charge in [0.15, 0.2) is 17.3 Å². The quantitative estimate of drug-likeness (QED) is 0.599. The molecule has 9 nitrogen and oxygen atoms in total. The molecule has 1 aromatic heterocycles. The molecule has 0 aliphatic heterocycles.